The number of piperidine rings is 1. The maximum atomic E-state index is 13.7. The maximum Gasteiger partial charge on any atom is 0.216 e. The van der Waals surface area contributed by atoms with Crippen LogP contribution >= 0.6 is 22.7 Å². The largest absolute Gasteiger partial charge is 0.506 e. The van der Waals surface area contributed by atoms with Gasteiger partial charge in [0, 0.05) is 24.8 Å². The van der Waals surface area contributed by atoms with E-state index in [2.05, 4.69) is 37.4 Å². The van der Waals surface area contributed by atoms with Crippen LogP contribution in [0.15, 0.2) is 18.5 Å². The molecule has 11 heteroatoms. The Morgan fingerprint density at radius 1 is 1.17 bits per heavy atom. The molecule has 3 N–H and O–H groups in total. The number of fused-ring (bicyclic) bond motifs is 1. The Labute approximate surface area is 173 Å². The van der Waals surface area contributed by atoms with Gasteiger partial charge in [-0.25, -0.2) is 15.0 Å². The molecular formula is C18H18FN7OS2. The van der Waals surface area contributed by atoms with Gasteiger partial charge in [0.25, 0.3) is 0 Å². The zero-order chi connectivity index (χ0) is 20.0. The SMILES string of the molecule is CN(c1nc2sc(-c3ncc(-c4cn[nH]c4F)cc3O)nc2s1)C1CCNCC1. The molecule has 1 saturated heterocycles. The Balaban J connectivity index is 1.42. The molecule has 1 fully saturated rings. The van der Waals surface area contributed by atoms with Gasteiger partial charge in [-0.1, -0.05) is 22.7 Å². The Morgan fingerprint density at radius 3 is 2.66 bits per heavy atom. The van der Waals surface area contributed by atoms with E-state index in [0.717, 1.165) is 40.7 Å². The first-order valence-electron chi connectivity index (χ1n) is 9.19. The number of nitrogens with zero attached hydrogens (tertiary/aromatic N) is 5. The third-order valence-corrected chi connectivity index (χ3v) is 7.22. The van der Waals surface area contributed by atoms with Gasteiger partial charge in [0.1, 0.15) is 16.5 Å². The second-order valence-corrected chi connectivity index (χ2v) is 8.84. The summed E-state index contributed by atoms with van der Waals surface area (Å²) in [6, 6.07) is 1.95. The van der Waals surface area contributed by atoms with E-state index in [9.17, 15) is 9.50 Å². The molecule has 0 bridgehead atoms. The summed E-state index contributed by atoms with van der Waals surface area (Å²) in [6.45, 7) is 2.06. The summed E-state index contributed by atoms with van der Waals surface area (Å²) in [6.07, 6.45) is 5.06. The smallest absolute Gasteiger partial charge is 0.216 e. The van der Waals surface area contributed by atoms with E-state index in [1.54, 1.807) is 11.3 Å². The fourth-order valence-corrected chi connectivity index (χ4v) is 5.55. The maximum absolute atomic E-state index is 13.7. The van der Waals surface area contributed by atoms with Crippen LogP contribution in [0.4, 0.5) is 9.52 Å². The van der Waals surface area contributed by atoms with Gasteiger partial charge in [0.2, 0.25) is 5.95 Å². The zero-order valence-electron chi connectivity index (χ0n) is 15.5. The molecule has 0 unspecified atom stereocenters. The molecular weight excluding hydrogens is 413 g/mol. The lowest BCUT2D eigenvalue weighted by molar-refractivity contribution is 0.443. The van der Waals surface area contributed by atoms with Crippen molar-refractivity contribution in [1.82, 2.24) is 30.5 Å². The molecule has 0 aromatic carbocycles. The molecule has 4 aromatic rings. The average molecular weight is 432 g/mol. The molecule has 4 aromatic heterocycles. The topological polar surface area (TPSA) is 103 Å². The minimum absolute atomic E-state index is 0.0587. The fraction of sp³-hybridized carbons (Fsp3) is 0.333. The zero-order valence-corrected chi connectivity index (χ0v) is 17.1. The highest BCUT2D eigenvalue weighted by Crippen LogP contribution is 2.39. The normalized spacial score (nSPS) is 15.2. The minimum atomic E-state index is -0.566. The van der Waals surface area contributed by atoms with E-state index < -0.39 is 5.95 Å². The Kier molecular flexibility index (Phi) is 4.64. The fourth-order valence-electron chi connectivity index (χ4n) is 3.47. The highest BCUT2D eigenvalue weighted by atomic mass is 32.1. The van der Waals surface area contributed by atoms with Gasteiger partial charge < -0.3 is 15.3 Å². The minimum Gasteiger partial charge on any atom is -0.506 e. The number of aromatic nitrogens is 5. The van der Waals surface area contributed by atoms with Gasteiger partial charge in [-0.05, 0) is 32.0 Å². The van der Waals surface area contributed by atoms with Crippen molar-refractivity contribution in [2.24, 2.45) is 0 Å². The van der Waals surface area contributed by atoms with Crippen LogP contribution < -0.4 is 10.2 Å². The summed E-state index contributed by atoms with van der Waals surface area (Å²) in [7, 11) is 2.08. The van der Waals surface area contributed by atoms with Crippen molar-refractivity contribution in [2.75, 3.05) is 25.0 Å². The summed E-state index contributed by atoms with van der Waals surface area (Å²) in [5.41, 5.74) is 1.06. The van der Waals surface area contributed by atoms with Crippen molar-refractivity contribution in [3.8, 4) is 27.6 Å². The summed E-state index contributed by atoms with van der Waals surface area (Å²) >= 11 is 2.94. The van der Waals surface area contributed by atoms with Crippen molar-refractivity contribution in [2.45, 2.75) is 18.9 Å². The number of aromatic amines is 1. The molecule has 150 valence electrons. The number of thiazole rings is 2. The van der Waals surface area contributed by atoms with Gasteiger partial charge >= 0.3 is 0 Å². The van der Waals surface area contributed by atoms with E-state index in [1.807, 2.05) is 0 Å². The van der Waals surface area contributed by atoms with Gasteiger partial charge in [-0.2, -0.15) is 9.49 Å². The van der Waals surface area contributed by atoms with E-state index in [0.29, 0.717) is 22.3 Å². The summed E-state index contributed by atoms with van der Waals surface area (Å²) < 4.78 is 13.7. The second kappa shape index (κ2) is 7.32. The molecule has 1 aliphatic heterocycles. The van der Waals surface area contributed by atoms with Crippen LogP contribution in [-0.2, 0) is 0 Å². The number of anilines is 1. The highest BCUT2D eigenvalue weighted by Gasteiger charge is 2.23. The van der Waals surface area contributed by atoms with Gasteiger partial charge in [0.05, 0.1) is 11.8 Å². The number of hydrogen-bond donors (Lipinski definition) is 3. The Morgan fingerprint density at radius 2 is 1.97 bits per heavy atom. The molecule has 0 spiro atoms. The molecule has 0 amide bonds. The molecule has 5 heterocycles. The van der Waals surface area contributed by atoms with E-state index >= 15 is 0 Å². The predicted octanol–water partition coefficient (Wildman–Crippen LogP) is 3.24. The Bertz CT molecular complexity index is 1130. The van der Waals surface area contributed by atoms with Crippen molar-refractivity contribution in [1.29, 1.82) is 0 Å². The molecule has 29 heavy (non-hydrogen) atoms. The van der Waals surface area contributed by atoms with Gasteiger partial charge in [-0.3, -0.25) is 5.10 Å². The van der Waals surface area contributed by atoms with E-state index in [4.69, 9.17) is 4.98 Å². The van der Waals surface area contributed by atoms with Crippen LogP contribution in [0.3, 0.4) is 0 Å². The molecule has 1 aliphatic rings. The highest BCUT2D eigenvalue weighted by molar-refractivity contribution is 7.29. The van der Waals surface area contributed by atoms with Crippen molar-refractivity contribution in [3.05, 3.63) is 24.4 Å². The van der Waals surface area contributed by atoms with Crippen molar-refractivity contribution >= 4 is 37.5 Å². The monoisotopic (exact) mass is 431 g/mol. The lowest BCUT2D eigenvalue weighted by atomic mass is 10.1. The Hall–Kier alpha value is -2.63. The summed E-state index contributed by atoms with van der Waals surface area (Å²) in [5, 5.41) is 21.2. The molecule has 0 radical (unpaired) electrons. The summed E-state index contributed by atoms with van der Waals surface area (Å²) in [5.74, 6) is -0.625. The van der Waals surface area contributed by atoms with Crippen LogP contribution in [0.1, 0.15) is 12.8 Å². The molecule has 0 atom stereocenters. The van der Waals surface area contributed by atoms with Crippen molar-refractivity contribution < 1.29 is 9.50 Å². The van der Waals surface area contributed by atoms with Crippen LogP contribution in [-0.4, -0.2) is 56.4 Å². The first-order chi connectivity index (χ1) is 14.1. The number of halogens is 1. The van der Waals surface area contributed by atoms with Crippen LogP contribution in [0.2, 0.25) is 0 Å². The lowest BCUT2D eigenvalue weighted by Crippen LogP contribution is -2.41. The third-order valence-electron chi connectivity index (χ3n) is 5.10. The predicted molar refractivity (Wildman–Crippen MR) is 112 cm³/mol. The number of pyridine rings is 1. The quantitative estimate of drug-likeness (QED) is 0.456. The van der Waals surface area contributed by atoms with Gasteiger partial charge in [0.15, 0.2) is 14.8 Å². The third kappa shape index (κ3) is 3.34. The molecule has 8 nitrogen and oxygen atoms in total. The molecule has 0 saturated carbocycles. The standard InChI is InChI=1S/C18H18FN7OS2/c1-26(10-2-4-20-5-3-10)18-24-17-16(29-18)23-15(28-17)13-12(27)6-9(7-21-13)11-8-22-25-14(11)19/h6-8,10,20,27H,2-5H2,1H3,(H,22,25). The lowest BCUT2D eigenvalue weighted by Gasteiger charge is -2.31. The second-order valence-electron chi connectivity index (χ2n) is 6.91. The summed E-state index contributed by atoms with van der Waals surface area (Å²) in [4.78, 5) is 17.6. The van der Waals surface area contributed by atoms with Crippen LogP contribution in [0.5, 0.6) is 5.75 Å². The molecule has 5 rings (SSSR count). The van der Waals surface area contributed by atoms with Crippen LogP contribution in [0.25, 0.3) is 31.5 Å². The number of rotatable bonds is 4. The number of nitrogens with one attached hydrogen (secondary N) is 2. The number of hydrogen-bond acceptors (Lipinski definition) is 9. The molecule has 0 aliphatic carbocycles. The van der Waals surface area contributed by atoms with E-state index in [-0.39, 0.29) is 11.3 Å². The van der Waals surface area contributed by atoms with Gasteiger partial charge in [-0.15, -0.1) is 0 Å². The van der Waals surface area contributed by atoms with Crippen LogP contribution in [0, 0.1) is 5.95 Å². The van der Waals surface area contributed by atoms with E-state index in [1.165, 1.54) is 29.8 Å². The number of aromatic hydroxyl groups is 1. The van der Waals surface area contributed by atoms with Crippen molar-refractivity contribution in [3.63, 3.8) is 0 Å². The first-order valence-corrected chi connectivity index (χ1v) is 10.8. The number of H-pyrrole nitrogens is 1. The average Bonchev–Trinajstić information content (AvgIpc) is 3.42. The first kappa shape index (κ1) is 18.4.